The molecule has 0 spiro atoms. The number of benzene rings is 2. The molecule has 0 unspecified atom stereocenters. The minimum absolute atomic E-state index is 0.0518. The molecule has 3 rings (SSSR count). The number of aryl methyl sites for hydroxylation is 1. The quantitative estimate of drug-likeness (QED) is 0.757. The van der Waals surface area contributed by atoms with Gasteiger partial charge >= 0.3 is 5.97 Å². The molecule has 5 heteroatoms. The third-order valence-electron chi connectivity index (χ3n) is 4.15. The van der Waals surface area contributed by atoms with Crippen LogP contribution in [0.3, 0.4) is 0 Å². The lowest BCUT2D eigenvalue weighted by Crippen LogP contribution is -2.12. The van der Waals surface area contributed by atoms with Crippen molar-refractivity contribution in [1.82, 2.24) is 4.98 Å². The summed E-state index contributed by atoms with van der Waals surface area (Å²) >= 11 is 0. The summed E-state index contributed by atoms with van der Waals surface area (Å²) in [6.07, 6.45) is -0.0518. The second-order valence-corrected chi connectivity index (χ2v) is 5.99. The number of nitrogens with one attached hydrogen (secondary N) is 1. The molecule has 2 aromatic carbocycles. The molecule has 128 valence electrons. The van der Waals surface area contributed by atoms with Crippen molar-refractivity contribution >= 4 is 5.97 Å². The molecule has 3 aromatic rings. The summed E-state index contributed by atoms with van der Waals surface area (Å²) in [5.41, 5.74) is 4.16. The van der Waals surface area contributed by atoms with Crippen LogP contribution in [0.2, 0.25) is 0 Å². The van der Waals surface area contributed by atoms with Crippen molar-refractivity contribution in [2.45, 2.75) is 13.3 Å². The van der Waals surface area contributed by atoms with Crippen LogP contribution in [-0.4, -0.2) is 16.1 Å². The molecule has 1 aromatic heterocycles. The van der Waals surface area contributed by atoms with E-state index in [0.717, 1.165) is 22.3 Å². The Balaban J connectivity index is 2.05. The molecule has 0 radical (unpaired) electrons. The molecule has 0 bridgehead atoms. The molecular formula is C21H16N2O3. The zero-order chi connectivity index (χ0) is 18.7. The first-order chi connectivity index (χ1) is 12.5. The molecule has 0 aliphatic heterocycles. The SMILES string of the molecule is Cc1cc(-c2ccc(-c3ccccc3CC(=O)O)cc2)c(C#N)c(=O)[nH]1. The number of nitriles is 1. The number of nitrogens with zero attached hydrogens (tertiary/aromatic N) is 1. The van der Waals surface area contributed by atoms with Crippen molar-refractivity contribution < 1.29 is 9.90 Å². The summed E-state index contributed by atoms with van der Waals surface area (Å²) in [6.45, 7) is 1.77. The molecule has 0 amide bonds. The summed E-state index contributed by atoms with van der Waals surface area (Å²) in [6, 6.07) is 18.5. The number of carboxylic acid groups (broad SMARTS) is 1. The Morgan fingerprint density at radius 1 is 1.08 bits per heavy atom. The summed E-state index contributed by atoms with van der Waals surface area (Å²) in [7, 11) is 0. The van der Waals surface area contributed by atoms with Crippen molar-refractivity contribution in [3.63, 3.8) is 0 Å². The molecule has 1 heterocycles. The van der Waals surface area contributed by atoms with Gasteiger partial charge in [-0.05, 0) is 35.2 Å². The number of H-pyrrole nitrogens is 1. The Morgan fingerprint density at radius 3 is 2.31 bits per heavy atom. The largest absolute Gasteiger partial charge is 0.481 e. The molecule has 26 heavy (non-hydrogen) atoms. The topological polar surface area (TPSA) is 93.9 Å². The fraction of sp³-hybridized carbons (Fsp3) is 0.0952. The number of hydrogen-bond acceptors (Lipinski definition) is 3. The minimum Gasteiger partial charge on any atom is -0.481 e. The number of aliphatic carboxylic acids is 1. The summed E-state index contributed by atoms with van der Waals surface area (Å²) in [5, 5.41) is 18.4. The number of carbonyl (C=O) groups is 1. The third-order valence-corrected chi connectivity index (χ3v) is 4.15. The van der Waals surface area contributed by atoms with Gasteiger partial charge in [-0.25, -0.2) is 0 Å². The second kappa shape index (κ2) is 7.08. The van der Waals surface area contributed by atoms with Gasteiger partial charge < -0.3 is 10.1 Å². The van der Waals surface area contributed by atoms with Gasteiger partial charge in [-0.1, -0.05) is 48.5 Å². The first-order valence-corrected chi connectivity index (χ1v) is 8.04. The molecule has 5 nitrogen and oxygen atoms in total. The molecular weight excluding hydrogens is 328 g/mol. The van der Waals surface area contributed by atoms with E-state index >= 15 is 0 Å². The zero-order valence-electron chi connectivity index (χ0n) is 14.1. The summed E-state index contributed by atoms with van der Waals surface area (Å²) in [4.78, 5) is 25.7. The van der Waals surface area contributed by atoms with Crippen molar-refractivity contribution in [1.29, 1.82) is 5.26 Å². The highest BCUT2D eigenvalue weighted by Crippen LogP contribution is 2.28. The van der Waals surface area contributed by atoms with E-state index in [1.165, 1.54) is 0 Å². The van der Waals surface area contributed by atoms with Crippen LogP contribution in [0.15, 0.2) is 59.4 Å². The fourth-order valence-electron chi connectivity index (χ4n) is 2.98. The van der Waals surface area contributed by atoms with Gasteiger partial charge in [0.25, 0.3) is 5.56 Å². The Bertz CT molecular complexity index is 1070. The number of carboxylic acids is 1. The smallest absolute Gasteiger partial charge is 0.307 e. The monoisotopic (exact) mass is 344 g/mol. The Hall–Kier alpha value is -3.65. The van der Waals surface area contributed by atoms with Crippen LogP contribution >= 0.6 is 0 Å². The first kappa shape index (κ1) is 17.2. The third kappa shape index (κ3) is 3.40. The van der Waals surface area contributed by atoms with Crippen molar-refractivity contribution in [2.24, 2.45) is 0 Å². The van der Waals surface area contributed by atoms with Crippen molar-refractivity contribution in [2.75, 3.05) is 0 Å². The van der Waals surface area contributed by atoms with Crippen LogP contribution in [0, 0.1) is 18.3 Å². The highest BCUT2D eigenvalue weighted by atomic mass is 16.4. The van der Waals surface area contributed by atoms with E-state index in [2.05, 4.69) is 4.98 Å². The summed E-state index contributed by atoms with van der Waals surface area (Å²) < 4.78 is 0. The number of aromatic nitrogens is 1. The van der Waals surface area contributed by atoms with Crippen LogP contribution in [0.4, 0.5) is 0 Å². The van der Waals surface area contributed by atoms with E-state index in [1.807, 2.05) is 48.5 Å². The molecule has 0 aliphatic carbocycles. The maximum atomic E-state index is 12.0. The van der Waals surface area contributed by atoms with Crippen molar-refractivity contribution in [3.8, 4) is 28.3 Å². The molecule has 0 aliphatic rings. The number of aromatic amines is 1. The van der Waals surface area contributed by atoms with Gasteiger partial charge in [0.2, 0.25) is 0 Å². The summed E-state index contributed by atoms with van der Waals surface area (Å²) in [5.74, 6) is -0.883. The predicted octanol–water partition coefficient (Wildman–Crippen LogP) is 3.52. The lowest BCUT2D eigenvalue weighted by molar-refractivity contribution is -0.136. The van der Waals surface area contributed by atoms with Gasteiger partial charge in [-0.15, -0.1) is 0 Å². The lowest BCUT2D eigenvalue weighted by Gasteiger charge is -2.10. The lowest BCUT2D eigenvalue weighted by atomic mass is 9.94. The van der Waals surface area contributed by atoms with E-state index in [0.29, 0.717) is 11.3 Å². The van der Waals surface area contributed by atoms with Gasteiger partial charge in [-0.3, -0.25) is 9.59 Å². The highest BCUT2D eigenvalue weighted by molar-refractivity contribution is 5.78. The highest BCUT2D eigenvalue weighted by Gasteiger charge is 2.12. The van der Waals surface area contributed by atoms with E-state index < -0.39 is 11.5 Å². The Morgan fingerprint density at radius 2 is 1.69 bits per heavy atom. The molecule has 0 saturated heterocycles. The van der Waals surface area contributed by atoms with Gasteiger partial charge in [-0.2, -0.15) is 5.26 Å². The van der Waals surface area contributed by atoms with Gasteiger partial charge in [0.15, 0.2) is 0 Å². The number of pyridine rings is 1. The number of rotatable bonds is 4. The van der Waals surface area contributed by atoms with Crippen LogP contribution in [-0.2, 0) is 11.2 Å². The normalized spacial score (nSPS) is 10.3. The predicted molar refractivity (Wildman–Crippen MR) is 98.7 cm³/mol. The van der Waals surface area contributed by atoms with Gasteiger partial charge in [0.05, 0.1) is 6.42 Å². The standard InChI is InChI=1S/C21H16N2O3/c1-13-10-18(19(12-22)21(26)23-13)15-8-6-14(7-9-15)17-5-3-2-4-16(17)11-20(24)25/h2-10H,11H2,1H3,(H,23,26)(H,24,25). The zero-order valence-corrected chi connectivity index (χ0v) is 14.1. The maximum absolute atomic E-state index is 12.0. The van der Waals surface area contributed by atoms with Gasteiger partial charge in [0, 0.05) is 11.3 Å². The fourth-order valence-corrected chi connectivity index (χ4v) is 2.98. The van der Waals surface area contributed by atoms with Crippen molar-refractivity contribution in [3.05, 3.63) is 81.8 Å². The second-order valence-electron chi connectivity index (χ2n) is 5.99. The van der Waals surface area contributed by atoms with Gasteiger partial charge in [0.1, 0.15) is 11.6 Å². The average molecular weight is 344 g/mol. The molecule has 0 fully saturated rings. The van der Waals surface area contributed by atoms with Crippen LogP contribution in [0.1, 0.15) is 16.8 Å². The van der Waals surface area contributed by atoms with E-state index in [-0.39, 0.29) is 12.0 Å². The van der Waals surface area contributed by atoms with E-state index in [9.17, 15) is 14.9 Å². The molecule has 0 saturated carbocycles. The average Bonchev–Trinajstić information content (AvgIpc) is 2.61. The maximum Gasteiger partial charge on any atom is 0.307 e. The van der Waals surface area contributed by atoms with Crippen LogP contribution in [0.5, 0.6) is 0 Å². The minimum atomic E-state index is -0.883. The first-order valence-electron chi connectivity index (χ1n) is 8.04. The molecule has 2 N–H and O–H groups in total. The Kier molecular flexibility index (Phi) is 4.68. The Labute approximate surface area is 150 Å². The van der Waals surface area contributed by atoms with Crippen LogP contribution < -0.4 is 5.56 Å². The molecule has 0 atom stereocenters. The van der Waals surface area contributed by atoms with E-state index in [1.54, 1.807) is 19.1 Å². The van der Waals surface area contributed by atoms with E-state index in [4.69, 9.17) is 5.11 Å². The van der Waals surface area contributed by atoms with Crippen LogP contribution in [0.25, 0.3) is 22.3 Å². The number of hydrogen-bond donors (Lipinski definition) is 2.